The van der Waals surface area contributed by atoms with E-state index in [9.17, 15) is 4.79 Å². The zero-order valence-electron chi connectivity index (χ0n) is 16.1. The van der Waals surface area contributed by atoms with Gasteiger partial charge in [-0.1, -0.05) is 18.2 Å². The third kappa shape index (κ3) is 3.88. The van der Waals surface area contributed by atoms with Gasteiger partial charge < -0.3 is 11.1 Å². The predicted molar refractivity (Wildman–Crippen MR) is 109 cm³/mol. The number of para-hydroxylation sites is 1. The molecular weight excluding hydrogens is 368 g/mol. The molecule has 3 heterocycles. The Labute approximate surface area is 167 Å². The zero-order chi connectivity index (χ0) is 20.4. The van der Waals surface area contributed by atoms with Crippen LogP contribution in [0.25, 0.3) is 22.2 Å². The van der Waals surface area contributed by atoms with Crippen molar-refractivity contribution >= 4 is 22.8 Å². The molecule has 1 atom stereocenters. The van der Waals surface area contributed by atoms with Gasteiger partial charge in [0.1, 0.15) is 12.7 Å². The van der Waals surface area contributed by atoms with Gasteiger partial charge in [-0.05, 0) is 25.5 Å². The van der Waals surface area contributed by atoms with Crippen LogP contribution in [0.3, 0.4) is 0 Å². The van der Waals surface area contributed by atoms with Gasteiger partial charge in [0, 0.05) is 29.4 Å². The van der Waals surface area contributed by atoms with Crippen LogP contribution in [0.5, 0.6) is 0 Å². The summed E-state index contributed by atoms with van der Waals surface area (Å²) in [6.07, 6.45) is 6.29. The van der Waals surface area contributed by atoms with Gasteiger partial charge in [0.05, 0.1) is 23.3 Å². The van der Waals surface area contributed by atoms with Crippen LogP contribution in [0.15, 0.2) is 49.3 Å². The van der Waals surface area contributed by atoms with Gasteiger partial charge in [-0.2, -0.15) is 5.10 Å². The summed E-state index contributed by atoms with van der Waals surface area (Å²) in [5.41, 5.74) is 9.17. The summed E-state index contributed by atoms with van der Waals surface area (Å²) in [6.45, 7) is 4.41. The summed E-state index contributed by atoms with van der Waals surface area (Å²) in [5, 5.41) is 7.89. The Morgan fingerprint density at radius 2 is 2.07 bits per heavy atom. The number of nitrogens with zero attached hydrogens (tertiary/aromatic N) is 6. The van der Waals surface area contributed by atoms with Crippen LogP contribution >= 0.6 is 0 Å². The van der Waals surface area contributed by atoms with Crippen molar-refractivity contribution in [2.75, 3.05) is 5.73 Å². The predicted octanol–water partition coefficient (Wildman–Crippen LogP) is 1.99. The van der Waals surface area contributed by atoms with E-state index in [4.69, 9.17) is 10.7 Å². The van der Waals surface area contributed by atoms with Gasteiger partial charge in [0.25, 0.3) is 5.91 Å². The van der Waals surface area contributed by atoms with Gasteiger partial charge in [-0.25, -0.2) is 19.9 Å². The third-order valence-corrected chi connectivity index (χ3v) is 4.56. The van der Waals surface area contributed by atoms with E-state index in [0.717, 1.165) is 16.5 Å². The van der Waals surface area contributed by atoms with E-state index in [1.165, 1.54) is 6.33 Å². The molecule has 0 unspecified atom stereocenters. The average Bonchev–Trinajstić information content (AvgIpc) is 3.21. The number of nitrogen functional groups attached to an aromatic ring is 1. The molecule has 29 heavy (non-hydrogen) atoms. The molecule has 3 aromatic heterocycles. The number of carbonyl (C=O) groups is 1. The molecule has 4 rings (SSSR count). The highest BCUT2D eigenvalue weighted by Gasteiger charge is 2.17. The number of anilines is 1. The molecule has 0 fully saturated rings. The number of benzene rings is 1. The Hall–Kier alpha value is -3.88. The zero-order valence-corrected chi connectivity index (χ0v) is 16.1. The topological polar surface area (TPSA) is 124 Å². The molecule has 4 aromatic rings. The Bertz CT molecular complexity index is 1160. The van der Waals surface area contributed by atoms with Gasteiger partial charge in [-0.15, -0.1) is 0 Å². The van der Waals surface area contributed by atoms with Crippen molar-refractivity contribution in [1.29, 1.82) is 0 Å². The standard InChI is InChI=1S/C20H20N8O/c1-12-4-3-5-15-16(19(29)26-13(2)9-28-11-22-10-25-28)6-17(27-18(12)15)14-7-23-20(21)24-8-14/h3-8,10-11,13H,9H2,1-2H3,(H,26,29)(H2,21,23,24)/t13-/m1/s1. The summed E-state index contributed by atoms with van der Waals surface area (Å²) in [4.78, 5) is 29.8. The minimum atomic E-state index is -0.187. The van der Waals surface area contributed by atoms with E-state index >= 15 is 0 Å². The van der Waals surface area contributed by atoms with E-state index < -0.39 is 0 Å². The number of hydrogen-bond acceptors (Lipinski definition) is 7. The molecule has 9 heteroatoms. The Morgan fingerprint density at radius 1 is 1.28 bits per heavy atom. The molecule has 0 saturated carbocycles. The second kappa shape index (κ2) is 7.63. The lowest BCUT2D eigenvalue weighted by atomic mass is 10.0. The van der Waals surface area contributed by atoms with Crippen molar-refractivity contribution < 1.29 is 4.79 Å². The van der Waals surface area contributed by atoms with Crippen molar-refractivity contribution in [2.45, 2.75) is 26.4 Å². The smallest absolute Gasteiger partial charge is 0.252 e. The van der Waals surface area contributed by atoms with E-state index in [1.807, 2.05) is 32.0 Å². The maximum atomic E-state index is 13.1. The molecule has 1 aromatic carbocycles. The summed E-state index contributed by atoms with van der Waals surface area (Å²) in [7, 11) is 0. The Morgan fingerprint density at radius 3 is 2.79 bits per heavy atom. The minimum Gasteiger partial charge on any atom is -0.368 e. The molecule has 0 aliphatic rings. The van der Waals surface area contributed by atoms with Crippen LogP contribution in [0.2, 0.25) is 0 Å². The lowest BCUT2D eigenvalue weighted by Gasteiger charge is -2.16. The van der Waals surface area contributed by atoms with Crippen LogP contribution in [-0.4, -0.2) is 41.7 Å². The molecule has 0 spiro atoms. The molecule has 0 bridgehead atoms. The van der Waals surface area contributed by atoms with Gasteiger partial charge in [0.15, 0.2) is 0 Å². The first kappa shape index (κ1) is 18.5. The lowest BCUT2D eigenvalue weighted by molar-refractivity contribution is 0.0937. The minimum absolute atomic E-state index is 0.138. The number of nitrogens with two attached hydrogens (primary N) is 1. The highest BCUT2D eigenvalue weighted by atomic mass is 16.1. The third-order valence-electron chi connectivity index (χ3n) is 4.56. The Balaban J connectivity index is 1.72. The van der Waals surface area contributed by atoms with Crippen LogP contribution in [0, 0.1) is 6.92 Å². The maximum Gasteiger partial charge on any atom is 0.252 e. The Kier molecular flexibility index (Phi) is 4.86. The van der Waals surface area contributed by atoms with Crippen molar-refractivity contribution in [3.8, 4) is 11.3 Å². The number of fused-ring (bicyclic) bond motifs is 1. The number of aromatic nitrogens is 6. The first-order chi connectivity index (χ1) is 14.0. The van der Waals surface area contributed by atoms with E-state index in [2.05, 4.69) is 25.4 Å². The summed E-state index contributed by atoms with van der Waals surface area (Å²) in [6, 6.07) is 7.40. The molecular formula is C20H20N8O. The molecule has 0 aliphatic carbocycles. The number of aryl methyl sites for hydroxylation is 1. The van der Waals surface area contributed by atoms with Crippen LogP contribution < -0.4 is 11.1 Å². The highest BCUT2D eigenvalue weighted by molar-refractivity contribution is 6.07. The number of nitrogens with one attached hydrogen (secondary N) is 1. The summed E-state index contributed by atoms with van der Waals surface area (Å²) >= 11 is 0. The normalized spacial score (nSPS) is 12.1. The number of pyridine rings is 1. The molecule has 0 radical (unpaired) electrons. The fourth-order valence-corrected chi connectivity index (χ4v) is 3.15. The first-order valence-electron chi connectivity index (χ1n) is 9.13. The maximum absolute atomic E-state index is 13.1. The second-order valence-electron chi connectivity index (χ2n) is 6.85. The van der Waals surface area contributed by atoms with E-state index in [1.54, 1.807) is 29.5 Å². The van der Waals surface area contributed by atoms with E-state index in [-0.39, 0.29) is 17.9 Å². The van der Waals surface area contributed by atoms with Crippen LogP contribution in [-0.2, 0) is 6.54 Å². The fourth-order valence-electron chi connectivity index (χ4n) is 3.15. The molecule has 3 N–H and O–H groups in total. The number of carbonyl (C=O) groups excluding carboxylic acids is 1. The van der Waals surface area contributed by atoms with Gasteiger partial charge in [0.2, 0.25) is 5.95 Å². The van der Waals surface area contributed by atoms with Crippen molar-refractivity contribution in [1.82, 2.24) is 35.0 Å². The molecule has 0 aliphatic heterocycles. The second-order valence-corrected chi connectivity index (χ2v) is 6.85. The first-order valence-corrected chi connectivity index (χ1v) is 9.13. The molecule has 0 saturated heterocycles. The molecule has 146 valence electrons. The van der Waals surface area contributed by atoms with Crippen molar-refractivity contribution in [3.63, 3.8) is 0 Å². The highest BCUT2D eigenvalue weighted by Crippen LogP contribution is 2.26. The molecule has 1 amide bonds. The van der Waals surface area contributed by atoms with Crippen LogP contribution in [0.4, 0.5) is 5.95 Å². The SMILES string of the molecule is Cc1cccc2c(C(=O)N[C@H](C)Cn3cncn3)cc(-c3cnc(N)nc3)nc12. The molecule has 9 nitrogen and oxygen atoms in total. The van der Waals surface area contributed by atoms with Crippen molar-refractivity contribution in [3.05, 3.63) is 60.4 Å². The van der Waals surface area contributed by atoms with Gasteiger partial charge in [-0.3, -0.25) is 9.48 Å². The monoisotopic (exact) mass is 388 g/mol. The van der Waals surface area contributed by atoms with Crippen LogP contribution in [0.1, 0.15) is 22.8 Å². The number of hydrogen-bond donors (Lipinski definition) is 2. The summed E-state index contributed by atoms with van der Waals surface area (Å²) in [5.74, 6) is -0.00106. The number of amides is 1. The number of rotatable bonds is 5. The van der Waals surface area contributed by atoms with Gasteiger partial charge >= 0.3 is 0 Å². The van der Waals surface area contributed by atoms with E-state index in [0.29, 0.717) is 23.4 Å². The largest absolute Gasteiger partial charge is 0.368 e. The quantitative estimate of drug-likeness (QED) is 0.536. The lowest BCUT2D eigenvalue weighted by Crippen LogP contribution is -2.36. The summed E-state index contributed by atoms with van der Waals surface area (Å²) < 4.78 is 1.68. The average molecular weight is 388 g/mol. The van der Waals surface area contributed by atoms with Crippen molar-refractivity contribution in [2.24, 2.45) is 0 Å². The fraction of sp³-hybridized carbons (Fsp3) is 0.200.